The molecule has 0 aliphatic rings. The van der Waals surface area contributed by atoms with Gasteiger partial charge in [0.05, 0.1) is 33.8 Å². The molecule has 0 saturated carbocycles. The molecule has 3 aromatic carbocycles. The molecule has 1 heterocycles. The summed E-state index contributed by atoms with van der Waals surface area (Å²) in [5.74, 6) is 1.68. The van der Waals surface area contributed by atoms with Crippen molar-refractivity contribution < 1.29 is 23.9 Å². The van der Waals surface area contributed by atoms with Crippen LogP contribution in [0.4, 0.5) is 5.69 Å². The Morgan fingerprint density at radius 1 is 1.00 bits per heavy atom. The van der Waals surface area contributed by atoms with Crippen LogP contribution in [0.3, 0.4) is 0 Å². The number of anilines is 1. The van der Waals surface area contributed by atoms with Crippen LogP contribution in [-0.2, 0) is 6.54 Å². The van der Waals surface area contributed by atoms with Crippen molar-refractivity contribution in [3.05, 3.63) is 78.6 Å². The number of hydrogen-bond acceptors (Lipinski definition) is 6. The fourth-order valence-electron chi connectivity index (χ4n) is 4.02. The van der Waals surface area contributed by atoms with Crippen LogP contribution >= 0.6 is 12.2 Å². The topological polar surface area (TPSA) is 92.5 Å². The van der Waals surface area contributed by atoms with Gasteiger partial charge in [-0.3, -0.25) is 0 Å². The van der Waals surface area contributed by atoms with Gasteiger partial charge in [0.1, 0.15) is 12.3 Å². The number of methoxy groups -OCH3 is 3. The standard InChI is InChI=1S/C28H26N4O4S/c1-34-21-12-10-20(11-13-21)30-28(37)26(27(33)19-9-14-24(35-2)25(17-19)36-3)32-18-31(16-6-15-29)22-7-4-5-8-23(22)32/h4-5,7-14,17-18H,6,16H2,1-3H3,(H-,30,33,37)/p+1. The summed E-state index contributed by atoms with van der Waals surface area (Å²) in [6, 6.07) is 22.4. The summed E-state index contributed by atoms with van der Waals surface area (Å²) in [6.45, 7) is 0.493. The van der Waals surface area contributed by atoms with Crippen LogP contribution < -0.4 is 24.1 Å². The molecule has 0 amide bonds. The van der Waals surface area contributed by atoms with Gasteiger partial charge in [0.25, 0.3) is 0 Å². The van der Waals surface area contributed by atoms with Gasteiger partial charge < -0.3 is 24.6 Å². The number of rotatable bonds is 9. The predicted octanol–water partition coefficient (Wildman–Crippen LogP) is 5.19. The van der Waals surface area contributed by atoms with E-state index in [1.54, 1.807) is 32.4 Å². The van der Waals surface area contributed by atoms with Gasteiger partial charge in [-0.25, -0.2) is 4.57 Å². The number of aryl methyl sites for hydroxylation is 1. The van der Waals surface area contributed by atoms with Crippen LogP contribution in [0.2, 0.25) is 0 Å². The third-order valence-corrected chi connectivity index (χ3v) is 6.15. The molecule has 0 unspecified atom stereocenters. The van der Waals surface area contributed by atoms with Crippen molar-refractivity contribution >= 4 is 45.4 Å². The molecule has 0 atom stereocenters. The SMILES string of the molecule is COc1ccc(NC(=S)/C(=C(\O)c2ccc(OC)c(OC)c2)n2c[n+](CCC#N)c3ccccc32)cc1. The van der Waals surface area contributed by atoms with Crippen molar-refractivity contribution in [3.8, 4) is 23.3 Å². The Labute approximate surface area is 220 Å². The van der Waals surface area contributed by atoms with E-state index in [4.69, 9.17) is 31.7 Å². The number of aliphatic hydroxyl groups is 1. The fourth-order valence-corrected chi connectivity index (χ4v) is 4.33. The zero-order chi connectivity index (χ0) is 26.4. The molecule has 0 radical (unpaired) electrons. The lowest BCUT2D eigenvalue weighted by molar-refractivity contribution is -0.670. The summed E-state index contributed by atoms with van der Waals surface area (Å²) in [6.07, 6.45) is 2.18. The van der Waals surface area contributed by atoms with E-state index in [0.29, 0.717) is 40.7 Å². The lowest BCUT2D eigenvalue weighted by Gasteiger charge is -2.14. The lowest BCUT2D eigenvalue weighted by Crippen LogP contribution is -2.32. The third-order valence-electron chi connectivity index (χ3n) is 5.86. The molecule has 0 fully saturated rings. The summed E-state index contributed by atoms with van der Waals surface area (Å²) in [4.78, 5) is 0.297. The number of thiocarbonyl (C=S) groups is 1. The van der Waals surface area contributed by atoms with Crippen LogP contribution in [0.1, 0.15) is 12.0 Å². The van der Waals surface area contributed by atoms with Gasteiger partial charge in [-0.1, -0.05) is 24.4 Å². The van der Waals surface area contributed by atoms with Crippen LogP contribution in [0.5, 0.6) is 17.2 Å². The van der Waals surface area contributed by atoms with E-state index in [2.05, 4.69) is 11.4 Å². The first kappa shape index (κ1) is 25.5. The highest BCUT2D eigenvalue weighted by Crippen LogP contribution is 2.32. The highest BCUT2D eigenvalue weighted by atomic mass is 32.1. The lowest BCUT2D eigenvalue weighted by atomic mass is 10.1. The predicted molar refractivity (Wildman–Crippen MR) is 147 cm³/mol. The number of aromatic nitrogens is 2. The number of benzene rings is 3. The maximum absolute atomic E-state index is 11.6. The Morgan fingerprint density at radius 2 is 1.73 bits per heavy atom. The van der Waals surface area contributed by atoms with Gasteiger partial charge in [0.15, 0.2) is 33.3 Å². The molecule has 0 spiro atoms. The summed E-state index contributed by atoms with van der Waals surface area (Å²) >= 11 is 5.85. The van der Waals surface area contributed by atoms with Crippen LogP contribution in [0.15, 0.2) is 73.1 Å². The molecule has 188 valence electrons. The summed E-state index contributed by atoms with van der Waals surface area (Å²) in [5.41, 5.74) is 3.32. The molecular formula is C28H27N4O4S+. The van der Waals surface area contributed by atoms with Crippen molar-refractivity contribution in [2.45, 2.75) is 13.0 Å². The quantitative estimate of drug-likeness (QED) is 0.137. The zero-order valence-corrected chi connectivity index (χ0v) is 21.6. The number of aliphatic hydroxyl groups excluding tert-OH is 1. The summed E-state index contributed by atoms with van der Waals surface area (Å²) < 4.78 is 19.9. The molecule has 4 rings (SSSR count). The van der Waals surface area contributed by atoms with Gasteiger partial charge in [0.2, 0.25) is 12.0 Å². The van der Waals surface area contributed by atoms with E-state index in [0.717, 1.165) is 22.5 Å². The number of nitrogens with zero attached hydrogens (tertiary/aromatic N) is 3. The molecule has 9 heteroatoms. The van der Waals surface area contributed by atoms with E-state index in [9.17, 15) is 5.11 Å². The second-order valence-corrected chi connectivity index (χ2v) is 8.43. The van der Waals surface area contributed by atoms with E-state index in [-0.39, 0.29) is 5.76 Å². The first-order valence-electron chi connectivity index (χ1n) is 11.5. The van der Waals surface area contributed by atoms with E-state index >= 15 is 0 Å². The minimum absolute atomic E-state index is 0.0554. The van der Waals surface area contributed by atoms with E-state index < -0.39 is 0 Å². The Balaban J connectivity index is 1.89. The monoisotopic (exact) mass is 515 g/mol. The largest absolute Gasteiger partial charge is 0.503 e. The van der Waals surface area contributed by atoms with Crippen LogP contribution in [0.25, 0.3) is 22.5 Å². The second-order valence-electron chi connectivity index (χ2n) is 8.03. The van der Waals surface area contributed by atoms with Crippen molar-refractivity contribution in [3.63, 3.8) is 0 Å². The number of nitrogens with one attached hydrogen (secondary N) is 1. The van der Waals surface area contributed by atoms with Gasteiger partial charge in [0, 0.05) is 11.3 Å². The Kier molecular flexibility index (Phi) is 7.91. The second kappa shape index (κ2) is 11.5. The Hall–Kier alpha value is -4.55. The van der Waals surface area contributed by atoms with Crippen molar-refractivity contribution in [1.82, 2.24) is 4.57 Å². The zero-order valence-electron chi connectivity index (χ0n) is 20.8. The number of nitriles is 1. The van der Waals surface area contributed by atoms with Crippen LogP contribution in [0, 0.1) is 11.3 Å². The summed E-state index contributed by atoms with van der Waals surface area (Å²) in [7, 11) is 4.70. The van der Waals surface area contributed by atoms with E-state index in [1.807, 2.05) is 64.0 Å². The molecule has 0 aliphatic carbocycles. The third kappa shape index (κ3) is 5.34. The molecule has 1 aromatic heterocycles. The van der Waals surface area contributed by atoms with Crippen molar-refractivity contribution in [2.24, 2.45) is 0 Å². The number of fused-ring (bicyclic) bond motifs is 1. The van der Waals surface area contributed by atoms with Crippen molar-refractivity contribution in [1.29, 1.82) is 5.26 Å². The number of para-hydroxylation sites is 2. The number of imidazole rings is 1. The molecule has 4 aromatic rings. The van der Waals surface area contributed by atoms with Gasteiger partial charge in [-0.05, 0) is 54.6 Å². The first-order chi connectivity index (χ1) is 18.0. The maximum atomic E-state index is 11.6. The van der Waals surface area contributed by atoms with Gasteiger partial charge in [-0.2, -0.15) is 9.83 Å². The maximum Gasteiger partial charge on any atom is 0.250 e. The fraction of sp³-hybridized carbons (Fsp3) is 0.179. The van der Waals surface area contributed by atoms with Gasteiger partial charge >= 0.3 is 0 Å². The minimum Gasteiger partial charge on any atom is -0.503 e. The molecule has 8 nitrogen and oxygen atoms in total. The Morgan fingerprint density at radius 3 is 2.41 bits per heavy atom. The van der Waals surface area contributed by atoms with Gasteiger partial charge in [-0.15, -0.1) is 0 Å². The minimum atomic E-state index is -0.0554. The summed E-state index contributed by atoms with van der Waals surface area (Å²) in [5, 5.41) is 24.0. The van der Waals surface area contributed by atoms with Crippen LogP contribution in [-0.4, -0.2) is 36.0 Å². The number of ether oxygens (including phenoxy) is 3. The Bertz CT molecular complexity index is 1500. The molecule has 37 heavy (non-hydrogen) atoms. The highest BCUT2D eigenvalue weighted by Gasteiger charge is 2.26. The van der Waals surface area contributed by atoms with E-state index in [1.165, 1.54) is 7.11 Å². The molecule has 0 saturated heterocycles. The average molecular weight is 516 g/mol. The first-order valence-corrected chi connectivity index (χ1v) is 11.9. The molecule has 0 aliphatic heterocycles. The average Bonchev–Trinajstić information content (AvgIpc) is 3.30. The smallest absolute Gasteiger partial charge is 0.250 e. The molecule has 2 N–H and O–H groups in total. The molecule has 0 bridgehead atoms. The number of hydrogen-bond donors (Lipinski definition) is 2. The highest BCUT2D eigenvalue weighted by molar-refractivity contribution is 7.81. The van der Waals surface area contributed by atoms with Crippen molar-refractivity contribution in [2.75, 3.05) is 26.6 Å². The molecular weight excluding hydrogens is 488 g/mol. The normalized spacial score (nSPS) is 11.4.